The summed E-state index contributed by atoms with van der Waals surface area (Å²) in [5.74, 6) is -0.284. The van der Waals surface area contributed by atoms with Gasteiger partial charge in [-0.3, -0.25) is 0 Å². The van der Waals surface area contributed by atoms with Crippen LogP contribution < -0.4 is 4.74 Å². The third-order valence-electron chi connectivity index (χ3n) is 2.78. The van der Waals surface area contributed by atoms with E-state index in [0.717, 1.165) is 22.1 Å². The number of benzene rings is 1. The first kappa shape index (κ1) is 14.8. The van der Waals surface area contributed by atoms with Crippen LogP contribution in [-0.4, -0.2) is 11.1 Å². The molecular weight excluding hydrogens is 286 g/mol. The van der Waals surface area contributed by atoms with E-state index in [1.54, 1.807) is 18.2 Å². The molecule has 2 rings (SSSR count). The summed E-state index contributed by atoms with van der Waals surface area (Å²) in [7, 11) is 0. The molecule has 1 heterocycles. The van der Waals surface area contributed by atoms with E-state index < -0.39 is 5.97 Å². The van der Waals surface area contributed by atoms with Crippen molar-refractivity contribution in [3.63, 3.8) is 0 Å². The van der Waals surface area contributed by atoms with E-state index >= 15 is 0 Å². The van der Waals surface area contributed by atoms with E-state index in [4.69, 9.17) is 15.1 Å². The summed E-state index contributed by atoms with van der Waals surface area (Å²) in [6.07, 6.45) is 2.65. The summed E-state index contributed by atoms with van der Waals surface area (Å²) >= 11 is 1.50. The lowest BCUT2D eigenvalue weighted by molar-refractivity contribution is -0.131. The van der Waals surface area contributed by atoms with Gasteiger partial charge in [-0.2, -0.15) is 5.26 Å². The van der Waals surface area contributed by atoms with Crippen molar-refractivity contribution in [2.24, 2.45) is 0 Å². The molecule has 0 aliphatic rings. The highest BCUT2D eigenvalue weighted by Crippen LogP contribution is 2.23. The molecule has 1 N–H and O–H groups in total. The first-order valence-corrected chi connectivity index (χ1v) is 7.08. The average Bonchev–Trinajstić information content (AvgIpc) is 2.92. The minimum Gasteiger partial charge on any atom is -0.488 e. The zero-order valence-electron chi connectivity index (χ0n) is 11.4. The van der Waals surface area contributed by atoms with Gasteiger partial charge in [-0.15, -0.1) is 11.3 Å². The molecule has 1 aromatic carbocycles. The highest BCUT2D eigenvalue weighted by molar-refractivity contribution is 7.10. The molecule has 0 saturated carbocycles. The second-order valence-corrected chi connectivity index (χ2v) is 5.39. The van der Waals surface area contributed by atoms with Crippen LogP contribution in [0.3, 0.4) is 0 Å². The topological polar surface area (TPSA) is 70.3 Å². The van der Waals surface area contributed by atoms with Gasteiger partial charge in [0.25, 0.3) is 0 Å². The number of rotatable bonds is 5. The highest BCUT2D eigenvalue weighted by atomic mass is 32.1. The van der Waals surface area contributed by atoms with Crippen LogP contribution in [0.5, 0.6) is 5.75 Å². The quantitative estimate of drug-likeness (QED) is 0.856. The zero-order valence-corrected chi connectivity index (χ0v) is 12.2. The number of carboxylic acid groups (broad SMARTS) is 1. The maximum atomic E-state index is 10.5. The van der Waals surface area contributed by atoms with Crippen molar-refractivity contribution in [3.8, 4) is 11.8 Å². The molecule has 106 valence electrons. The third kappa shape index (κ3) is 4.20. The summed E-state index contributed by atoms with van der Waals surface area (Å²) in [5.41, 5.74) is 2.37. The Kier molecular flexibility index (Phi) is 4.75. The van der Waals surface area contributed by atoms with E-state index in [-0.39, 0.29) is 0 Å². The van der Waals surface area contributed by atoms with Gasteiger partial charge in [0, 0.05) is 11.0 Å². The predicted octanol–water partition coefficient (Wildman–Crippen LogP) is 3.61. The van der Waals surface area contributed by atoms with E-state index in [1.165, 1.54) is 11.3 Å². The first-order valence-electron chi connectivity index (χ1n) is 6.20. The summed E-state index contributed by atoms with van der Waals surface area (Å²) in [6.45, 7) is 2.31. The molecule has 0 unspecified atom stereocenters. The molecule has 0 fully saturated rings. The van der Waals surface area contributed by atoms with E-state index in [0.29, 0.717) is 17.9 Å². The maximum Gasteiger partial charge on any atom is 0.328 e. The molecule has 0 radical (unpaired) electrons. The Morgan fingerprint density at radius 1 is 1.48 bits per heavy atom. The molecule has 0 atom stereocenters. The van der Waals surface area contributed by atoms with Crippen LogP contribution in [0.15, 0.2) is 35.7 Å². The molecule has 21 heavy (non-hydrogen) atoms. The van der Waals surface area contributed by atoms with Gasteiger partial charge in [-0.25, -0.2) is 4.79 Å². The number of hydrogen-bond acceptors (Lipinski definition) is 4. The van der Waals surface area contributed by atoms with Gasteiger partial charge in [-0.05, 0) is 47.7 Å². The fraction of sp³-hybridized carbons (Fsp3) is 0.125. The Hall–Kier alpha value is -2.58. The van der Waals surface area contributed by atoms with Crippen molar-refractivity contribution in [2.45, 2.75) is 13.5 Å². The Bertz CT molecular complexity index is 725. The average molecular weight is 299 g/mol. The minimum atomic E-state index is -0.969. The summed E-state index contributed by atoms with van der Waals surface area (Å²) < 4.78 is 5.72. The lowest BCUT2D eigenvalue weighted by atomic mass is 10.1. The maximum absolute atomic E-state index is 10.5. The van der Waals surface area contributed by atoms with Crippen molar-refractivity contribution in [2.75, 3.05) is 0 Å². The standard InChI is InChI=1S/C16H13NO3S/c1-11-2-3-12(8-17)7-15(11)20-9-14-6-13(10-21-14)4-5-16(18)19/h2-7,10H,9H2,1H3,(H,18,19)/b5-4+. The molecule has 0 spiro atoms. The number of ether oxygens (including phenoxy) is 1. The molecule has 2 aromatic rings. The fourth-order valence-electron chi connectivity index (χ4n) is 1.70. The molecule has 0 aliphatic heterocycles. The SMILES string of the molecule is Cc1ccc(C#N)cc1OCc1cc(/C=C/C(=O)O)cs1. The number of nitriles is 1. The van der Waals surface area contributed by atoms with E-state index in [2.05, 4.69) is 6.07 Å². The fourth-order valence-corrected chi connectivity index (χ4v) is 2.47. The van der Waals surface area contributed by atoms with Gasteiger partial charge in [0.1, 0.15) is 12.4 Å². The van der Waals surface area contributed by atoms with Crippen molar-refractivity contribution in [3.05, 3.63) is 57.3 Å². The first-order chi connectivity index (χ1) is 10.1. The molecule has 1 aromatic heterocycles. The van der Waals surface area contributed by atoms with Gasteiger partial charge < -0.3 is 9.84 Å². The second kappa shape index (κ2) is 6.73. The van der Waals surface area contributed by atoms with Crippen LogP contribution in [-0.2, 0) is 11.4 Å². The van der Waals surface area contributed by atoms with Gasteiger partial charge in [-0.1, -0.05) is 6.07 Å². The van der Waals surface area contributed by atoms with Gasteiger partial charge >= 0.3 is 5.97 Å². The zero-order chi connectivity index (χ0) is 15.2. The molecule has 5 heteroatoms. The predicted molar refractivity (Wildman–Crippen MR) is 81.2 cm³/mol. The molecule has 0 saturated heterocycles. The largest absolute Gasteiger partial charge is 0.488 e. The van der Waals surface area contributed by atoms with Gasteiger partial charge in [0.15, 0.2) is 0 Å². The van der Waals surface area contributed by atoms with Crippen molar-refractivity contribution >= 4 is 23.4 Å². The Morgan fingerprint density at radius 3 is 3.00 bits per heavy atom. The summed E-state index contributed by atoms with van der Waals surface area (Å²) in [6, 6.07) is 9.28. The second-order valence-electron chi connectivity index (χ2n) is 4.40. The monoisotopic (exact) mass is 299 g/mol. The molecule has 0 bridgehead atoms. The van der Waals surface area contributed by atoms with E-state index in [9.17, 15) is 4.79 Å². The van der Waals surface area contributed by atoms with Crippen molar-refractivity contribution in [1.29, 1.82) is 5.26 Å². The van der Waals surface area contributed by atoms with Crippen LogP contribution in [0.4, 0.5) is 0 Å². The smallest absolute Gasteiger partial charge is 0.328 e. The lowest BCUT2D eigenvalue weighted by Crippen LogP contribution is -1.95. The molecule has 0 amide bonds. The minimum absolute atomic E-state index is 0.390. The van der Waals surface area contributed by atoms with Crippen LogP contribution in [0.25, 0.3) is 6.08 Å². The lowest BCUT2D eigenvalue weighted by Gasteiger charge is -2.08. The summed E-state index contributed by atoms with van der Waals surface area (Å²) in [5, 5.41) is 19.3. The van der Waals surface area contributed by atoms with Crippen LogP contribution in [0, 0.1) is 18.3 Å². The van der Waals surface area contributed by atoms with Crippen LogP contribution in [0.1, 0.15) is 21.6 Å². The number of aryl methyl sites for hydroxylation is 1. The van der Waals surface area contributed by atoms with Gasteiger partial charge in [0.05, 0.1) is 11.6 Å². The van der Waals surface area contributed by atoms with Crippen LogP contribution >= 0.6 is 11.3 Å². The number of nitrogens with zero attached hydrogens (tertiary/aromatic N) is 1. The number of hydrogen-bond donors (Lipinski definition) is 1. The number of carboxylic acids is 1. The van der Waals surface area contributed by atoms with Gasteiger partial charge in [0.2, 0.25) is 0 Å². The Morgan fingerprint density at radius 2 is 2.29 bits per heavy atom. The van der Waals surface area contributed by atoms with Crippen LogP contribution in [0.2, 0.25) is 0 Å². The molecule has 4 nitrogen and oxygen atoms in total. The number of carbonyl (C=O) groups is 1. The number of aliphatic carboxylic acids is 1. The highest BCUT2D eigenvalue weighted by Gasteiger charge is 2.04. The molecule has 0 aliphatic carbocycles. The normalized spacial score (nSPS) is 10.5. The summed E-state index contributed by atoms with van der Waals surface area (Å²) in [4.78, 5) is 11.4. The Balaban J connectivity index is 2.04. The van der Waals surface area contributed by atoms with E-state index in [1.807, 2.05) is 24.4 Å². The number of thiophene rings is 1. The van der Waals surface area contributed by atoms with Crippen molar-refractivity contribution < 1.29 is 14.6 Å². The molecular formula is C16H13NO3S. The van der Waals surface area contributed by atoms with Crippen molar-refractivity contribution in [1.82, 2.24) is 0 Å². The Labute approximate surface area is 126 Å². The third-order valence-corrected chi connectivity index (χ3v) is 3.71.